The van der Waals surface area contributed by atoms with Crippen LogP contribution in [0, 0.1) is 6.92 Å². The van der Waals surface area contributed by atoms with Gasteiger partial charge in [-0.1, -0.05) is 12.1 Å². The lowest BCUT2D eigenvalue weighted by molar-refractivity contribution is 0.116. The second-order valence-corrected chi connectivity index (χ2v) is 6.02. The molecule has 1 atom stereocenters. The predicted octanol–water partition coefficient (Wildman–Crippen LogP) is 1.88. The number of aryl methyl sites for hydroxylation is 1. The second kappa shape index (κ2) is 6.58. The molecule has 1 aromatic carbocycles. The van der Waals surface area contributed by atoms with E-state index in [-0.39, 0.29) is 5.56 Å². The highest BCUT2D eigenvalue weighted by Crippen LogP contribution is 2.18. The first-order valence-corrected chi connectivity index (χ1v) is 7.90. The predicted molar refractivity (Wildman–Crippen MR) is 87.3 cm³/mol. The first kappa shape index (κ1) is 15.2. The molecule has 1 aliphatic rings. The third kappa shape index (κ3) is 3.05. The standard InChI is InChI=1S/C17H23N3O2/c1-12-5-3-7-14-16(12)18-15(19-17(14)21)8-10-20-9-4-6-13(20)11-22-2/h3,5,7,13H,4,6,8-11H2,1-2H3,(H,18,19,21)/t13-/m1/s1. The van der Waals surface area contributed by atoms with E-state index in [1.807, 2.05) is 25.1 Å². The fraction of sp³-hybridized carbons (Fsp3) is 0.529. The van der Waals surface area contributed by atoms with Crippen molar-refractivity contribution in [2.45, 2.75) is 32.2 Å². The molecule has 0 unspecified atom stereocenters. The van der Waals surface area contributed by atoms with Gasteiger partial charge in [-0.3, -0.25) is 9.69 Å². The Labute approximate surface area is 130 Å². The van der Waals surface area contributed by atoms with E-state index in [2.05, 4.69) is 14.9 Å². The molecule has 3 rings (SSSR count). The third-order valence-corrected chi connectivity index (χ3v) is 4.48. The number of likely N-dealkylation sites (tertiary alicyclic amines) is 1. The van der Waals surface area contributed by atoms with E-state index < -0.39 is 0 Å². The van der Waals surface area contributed by atoms with Gasteiger partial charge in [-0.05, 0) is 37.9 Å². The summed E-state index contributed by atoms with van der Waals surface area (Å²) in [5.74, 6) is 0.773. The van der Waals surface area contributed by atoms with Gasteiger partial charge in [0.25, 0.3) is 5.56 Å². The number of fused-ring (bicyclic) bond motifs is 1. The van der Waals surface area contributed by atoms with Crippen LogP contribution in [-0.4, -0.2) is 47.7 Å². The summed E-state index contributed by atoms with van der Waals surface area (Å²) < 4.78 is 5.29. The van der Waals surface area contributed by atoms with Crippen molar-refractivity contribution in [2.75, 3.05) is 26.8 Å². The third-order valence-electron chi connectivity index (χ3n) is 4.48. The molecule has 5 heteroatoms. The number of methoxy groups -OCH3 is 1. The molecule has 0 spiro atoms. The van der Waals surface area contributed by atoms with E-state index in [0.717, 1.165) is 43.0 Å². The van der Waals surface area contributed by atoms with Gasteiger partial charge in [0.1, 0.15) is 5.82 Å². The van der Waals surface area contributed by atoms with Crippen molar-refractivity contribution < 1.29 is 4.74 Å². The molecule has 0 bridgehead atoms. The zero-order chi connectivity index (χ0) is 15.5. The van der Waals surface area contributed by atoms with Crippen molar-refractivity contribution in [3.05, 3.63) is 39.9 Å². The van der Waals surface area contributed by atoms with Crippen LogP contribution in [0.25, 0.3) is 10.9 Å². The summed E-state index contributed by atoms with van der Waals surface area (Å²) in [4.78, 5) is 22.2. The van der Waals surface area contributed by atoms with Crippen LogP contribution in [0.1, 0.15) is 24.2 Å². The van der Waals surface area contributed by atoms with Crippen LogP contribution in [0.3, 0.4) is 0 Å². The lowest BCUT2D eigenvalue weighted by atomic mass is 10.1. The number of nitrogens with zero attached hydrogens (tertiary/aromatic N) is 2. The van der Waals surface area contributed by atoms with Crippen molar-refractivity contribution >= 4 is 10.9 Å². The number of aromatic nitrogens is 2. The maximum absolute atomic E-state index is 12.2. The molecule has 0 aliphatic carbocycles. The number of ether oxygens (including phenoxy) is 1. The van der Waals surface area contributed by atoms with Crippen molar-refractivity contribution in [3.63, 3.8) is 0 Å². The molecule has 1 aliphatic heterocycles. The smallest absolute Gasteiger partial charge is 0.258 e. The average Bonchev–Trinajstić information content (AvgIpc) is 2.94. The first-order chi connectivity index (χ1) is 10.7. The zero-order valence-corrected chi connectivity index (χ0v) is 13.3. The number of rotatable bonds is 5. The minimum atomic E-state index is -0.0430. The summed E-state index contributed by atoms with van der Waals surface area (Å²) in [5.41, 5.74) is 1.82. The molecule has 22 heavy (non-hydrogen) atoms. The maximum atomic E-state index is 12.2. The number of benzene rings is 1. The van der Waals surface area contributed by atoms with Crippen LogP contribution in [-0.2, 0) is 11.2 Å². The van der Waals surface area contributed by atoms with Gasteiger partial charge in [0.05, 0.1) is 17.5 Å². The fourth-order valence-electron chi connectivity index (χ4n) is 3.29. The number of para-hydroxylation sites is 1. The number of hydrogen-bond donors (Lipinski definition) is 1. The largest absolute Gasteiger partial charge is 0.383 e. The molecular formula is C17H23N3O2. The Bertz CT molecular complexity index is 711. The monoisotopic (exact) mass is 301 g/mol. The highest BCUT2D eigenvalue weighted by Gasteiger charge is 2.24. The normalized spacial score (nSPS) is 19.1. The molecule has 5 nitrogen and oxygen atoms in total. The summed E-state index contributed by atoms with van der Waals surface area (Å²) in [6.45, 7) is 4.79. The van der Waals surface area contributed by atoms with E-state index in [1.54, 1.807) is 7.11 Å². The quantitative estimate of drug-likeness (QED) is 0.916. The average molecular weight is 301 g/mol. The molecular weight excluding hydrogens is 278 g/mol. The number of aromatic amines is 1. The van der Waals surface area contributed by atoms with Crippen LogP contribution in [0.2, 0.25) is 0 Å². The molecule has 0 saturated carbocycles. The van der Waals surface area contributed by atoms with E-state index >= 15 is 0 Å². The highest BCUT2D eigenvalue weighted by atomic mass is 16.5. The van der Waals surface area contributed by atoms with Gasteiger partial charge >= 0.3 is 0 Å². The zero-order valence-electron chi connectivity index (χ0n) is 13.3. The van der Waals surface area contributed by atoms with Crippen LogP contribution >= 0.6 is 0 Å². The molecule has 0 amide bonds. The van der Waals surface area contributed by atoms with Gasteiger partial charge in [0.2, 0.25) is 0 Å². The van der Waals surface area contributed by atoms with E-state index in [1.165, 1.54) is 12.8 Å². The Kier molecular flexibility index (Phi) is 4.55. The summed E-state index contributed by atoms with van der Waals surface area (Å²) in [7, 11) is 1.75. The summed E-state index contributed by atoms with van der Waals surface area (Å²) in [5, 5.41) is 0.669. The molecule has 118 valence electrons. The van der Waals surface area contributed by atoms with Crippen LogP contribution in [0.5, 0.6) is 0 Å². The molecule has 1 aromatic heterocycles. The van der Waals surface area contributed by atoms with Gasteiger partial charge in [0, 0.05) is 26.1 Å². The molecule has 2 aromatic rings. The summed E-state index contributed by atoms with van der Waals surface area (Å²) >= 11 is 0. The van der Waals surface area contributed by atoms with Gasteiger partial charge in [-0.2, -0.15) is 0 Å². The lowest BCUT2D eigenvalue weighted by Crippen LogP contribution is -2.34. The SMILES string of the molecule is COC[C@H]1CCCN1CCc1nc2c(C)cccc2c(=O)[nH]1. The van der Waals surface area contributed by atoms with Crippen LogP contribution in [0.4, 0.5) is 0 Å². The van der Waals surface area contributed by atoms with Gasteiger partial charge < -0.3 is 9.72 Å². The van der Waals surface area contributed by atoms with E-state index in [9.17, 15) is 4.79 Å². The molecule has 2 heterocycles. The van der Waals surface area contributed by atoms with Crippen molar-refractivity contribution in [3.8, 4) is 0 Å². The number of H-pyrrole nitrogens is 1. The van der Waals surface area contributed by atoms with E-state index in [0.29, 0.717) is 11.4 Å². The first-order valence-electron chi connectivity index (χ1n) is 7.90. The Hall–Kier alpha value is -1.72. The van der Waals surface area contributed by atoms with E-state index in [4.69, 9.17) is 4.74 Å². The molecule has 1 saturated heterocycles. The minimum Gasteiger partial charge on any atom is -0.383 e. The fourth-order valence-corrected chi connectivity index (χ4v) is 3.29. The lowest BCUT2D eigenvalue weighted by Gasteiger charge is -2.23. The Morgan fingerprint density at radius 3 is 3.14 bits per heavy atom. The number of hydrogen-bond acceptors (Lipinski definition) is 4. The van der Waals surface area contributed by atoms with Crippen molar-refractivity contribution in [2.24, 2.45) is 0 Å². The molecule has 1 N–H and O–H groups in total. The van der Waals surface area contributed by atoms with Gasteiger partial charge in [0.15, 0.2) is 0 Å². The van der Waals surface area contributed by atoms with Crippen molar-refractivity contribution in [1.82, 2.24) is 14.9 Å². The van der Waals surface area contributed by atoms with Crippen LogP contribution in [0.15, 0.2) is 23.0 Å². The Balaban J connectivity index is 1.77. The topological polar surface area (TPSA) is 58.2 Å². The Morgan fingerprint density at radius 1 is 1.45 bits per heavy atom. The van der Waals surface area contributed by atoms with Gasteiger partial charge in [-0.25, -0.2) is 4.98 Å². The molecule has 0 radical (unpaired) electrons. The Morgan fingerprint density at radius 2 is 2.32 bits per heavy atom. The maximum Gasteiger partial charge on any atom is 0.258 e. The minimum absolute atomic E-state index is 0.0430. The summed E-state index contributed by atoms with van der Waals surface area (Å²) in [6.07, 6.45) is 3.17. The second-order valence-electron chi connectivity index (χ2n) is 6.02. The van der Waals surface area contributed by atoms with Gasteiger partial charge in [-0.15, -0.1) is 0 Å². The summed E-state index contributed by atoms with van der Waals surface area (Å²) in [6, 6.07) is 6.22. The molecule has 1 fully saturated rings. The number of nitrogens with one attached hydrogen (secondary N) is 1. The highest BCUT2D eigenvalue weighted by molar-refractivity contribution is 5.80. The van der Waals surface area contributed by atoms with Crippen LogP contribution < -0.4 is 5.56 Å². The van der Waals surface area contributed by atoms with Crippen molar-refractivity contribution in [1.29, 1.82) is 0 Å².